The Balaban J connectivity index is 4.96. The number of hydrogen-bond donors (Lipinski definition) is 1. The maximum Gasteiger partial charge on any atom is 0.400 e. The fourth-order valence-corrected chi connectivity index (χ4v) is 1.02. The molecular formula is C8H13F3O. The Hall–Kier alpha value is -0.510. The van der Waals surface area contributed by atoms with Crippen molar-refractivity contribution in [3.63, 3.8) is 0 Å². The molecule has 0 amide bonds. The molecule has 0 rings (SSSR count). The van der Waals surface area contributed by atoms with E-state index in [0.29, 0.717) is 0 Å². The van der Waals surface area contributed by atoms with Crippen molar-refractivity contribution in [2.24, 2.45) is 11.3 Å². The smallest absolute Gasteiger partial charge is 0.395 e. The molecule has 0 bridgehead atoms. The first-order valence-electron chi connectivity index (χ1n) is 3.63. The molecule has 0 aromatic carbocycles. The Labute approximate surface area is 69.9 Å². The van der Waals surface area contributed by atoms with E-state index in [9.17, 15) is 13.2 Å². The minimum Gasteiger partial charge on any atom is -0.395 e. The highest BCUT2D eigenvalue weighted by molar-refractivity contribution is 5.02. The van der Waals surface area contributed by atoms with Crippen LogP contribution >= 0.6 is 0 Å². The molecule has 0 fully saturated rings. The molecule has 0 spiro atoms. The topological polar surface area (TPSA) is 20.2 Å². The molecule has 72 valence electrons. The van der Waals surface area contributed by atoms with Gasteiger partial charge >= 0.3 is 6.18 Å². The summed E-state index contributed by atoms with van der Waals surface area (Å²) in [5, 5.41) is 8.69. The van der Waals surface area contributed by atoms with E-state index in [2.05, 4.69) is 6.58 Å². The summed E-state index contributed by atoms with van der Waals surface area (Å²) in [5.41, 5.74) is -2.16. The molecule has 0 aliphatic heterocycles. The van der Waals surface area contributed by atoms with E-state index < -0.39 is 24.1 Å². The largest absolute Gasteiger partial charge is 0.400 e. The number of alkyl halides is 3. The van der Waals surface area contributed by atoms with Crippen LogP contribution in [0.4, 0.5) is 13.2 Å². The van der Waals surface area contributed by atoms with Crippen molar-refractivity contribution in [1.29, 1.82) is 0 Å². The molecule has 0 radical (unpaired) electrons. The Morgan fingerprint density at radius 2 is 1.83 bits per heavy atom. The van der Waals surface area contributed by atoms with Crippen molar-refractivity contribution >= 4 is 0 Å². The highest BCUT2D eigenvalue weighted by Gasteiger charge is 2.54. The van der Waals surface area contributed by atoms with E-state index in [-0.39, 0.29) is 0 Å². The molecule has 0 aromatic rings. The molecule has 0 aromatic heterocycles. The fourth-order valence-electron chi connectivity index (χ4n) is 1.02. The molecule has 0 heterocycles. The van der Waals surface area contributed by atoms with Crippen molar-refractivity contribution < 1.29 is 18.3 Å². The minimum absolute atomic E-state index is 0.708. The van der Waals surface area contributed by atoms with Gasteiger partial charge in [-0.1, -0.05) is 19.9 Å². The standard InChI is InChI=1S/C8H13F3O/c1-4-7(5-12,6(2)3)8(9,10)11/h4,6,12H,1,5H2,2-3H3. The number of aliphatic hydroxyl groups is 1. The van der Waals surface area contributed by atoms with Gasteiger partial charge in [-0.2, -0.15) is 13.2 Å². The first-order valence-corrected chi connectivity index (χ1v) is 3.63. The molecule has 1 nitrogen and oxygen atoms in total. The Bertz CT molecular complexity index is 162. The monoisotopic (exact) mass is 182 g/mol. The van der Waals surface area contributed by atoms with Gasteiger partial charge in [-0.25, -0.2) is 0 Å². The van der Waals surface area contributed by atoms with Crippen LogP contribution < -0.4 is 0 Å². The van der Waals surface area contributed by atoms with Gasteiger partial charge in [0, 0.05) is 0 Å². The normalized spacial score (nSPS) is 17.6. The summed E-state index contributed by atoms with van der Waals surface area (Å²) in [7, 11) is 0. The van der Waals surface area contributed by atoms with E-state index in [1.165, 1.54) is 13.8 Å². The predicted molar refractivity (Wildman–Crippen MR) is 40.6 cm³/mol. The molecule has 1 atom stereocenters. The Kier molecular flexibility index (Phi) is 3.33. The molecule has 0 saturated carbocycles. The van der Waals surface area contributed by atoms with Crippen LogP contribution in [0, 0.1) is 11.3 Å². The van der Waals surface area contributed by atoms with Crippen LogP contribution in [0.2, 0.25) is 0 Å². The number of halogens is 3. The maximum atomic E-state index is 12.4. The van der Waals surface area contributed by atoms with Gasteiger partial charge in [0.05, 0.1) is 6.61 Å². The van der Waals surface area contributed by atoms with Crippen molar-refractivity contribution in [1.82, 2.24) is 0 Å². The number of hydrogen-bond acceptors (Lipinski definition) is 1. The summed E-state index contributed by atoms with van der Waals surface area (Å²) in [6.07, 6.45) is -3.66. The van der Waals surface area contributed by atoms with E-state index >= 15 is 0 Å². The summed E-state index contributed by atoms with van der Waals surface area (Å²) >= 11 is 0. The molecule has 1 unspecified atom stereocenters. The number of aliphatic hydroxyl groups excluding tert-OH is 1. The molecule has 0 aliphatic rings. The average molecular weight is 182 g/mol. The molecule has 4 heteroatoms. The van der Waals surface area contributed by atoms with E-state index in [4.69, 9.17) is 5.11 Å². The van der Waals surface area contributed by atoms with Crippen LogP contribution in [0.5, 0.6) is 0 Å². The zero-order chi connectivity index (χ0) is 9.99. The van der Waals surface area contributed by atoms with Crippen LogP contribution in [0.25, 0.3) is 0 Å². The lowest BCUT2D eigenvalue weighted by Gasteiger charge is -2.34. The summed E-state index contributed by atoms with van der Waals surface area (Å²) in [6, 6.07) is 0. The van der Waals surface area contributed by atoms with Crippen LogP contribution in [0.1, 0.15) is 13.8 Å². The fraction of sp³-hybridized carbons (Fsp3) is 0.750. The molecular weight excluding hydrogens is 169 g/mol. The van der Waals surface area contributed by atoms with Gasteiger partial charge < -0.3 is 5.11 Å². The second-order valence-corrected chi connectivity index (χ2v) is 3.06. The highest BCUT2D eigenvalue weighted by atomic mass is 19.4. The highest BCUT2D eigenvalue weighted by Crippen LogP contribution is 2.44. The lowest BCUT2D eigenvalue weighted by molar-refractivity contribution is -0.230. The van der Waals surface area contributed by atoms with Crippen molar-refractivity contribution in [2.45, 2.75) is 20.0 Å². The lowest BCUT2D eigenvalue weighted by atomic mass is 9.77. The Morgan fingerprint density at radius 1 is 1.42 bits per heavy atom. The van der Waals surface area contributed by atoms with Crippen molar-refractivity contribution in [3.05, 3.63) is 12.7 Å². The minimum atomic E-state index is -4.43. The van der Waals surface area contributed by atoms with E-state index in [0.717, 1.165) is 6.08 Å². The van der Waals surface area contributed by atoms with Gasteiger partial charge in [0.2, 0.25) is 0 Å². The zero-order valence-corrected chi connectivity index (χ0v) is 7.15. The second-order valence-electron chi connectivity index (χ2n) is 3.06. The average Bonchev–Trinajstić information content (AvgIpc) is 1.87. The van der Waals surface area contributed by atoms with Gasteiger partial charge in [0.1, 0.15) is 5.41 Å². The third kappa shape index (κ3) is 1.63. The maximum absolute atomic E-state index is 12.4. The number of rotatable bonds is 3. The summed E-state index contributed by atoms with van der Waals surface area (Å²) in [5.74, 6) is -0.708. The first kappa shape index (κ1) is 11.5. The SMILES string of the molecule is C=CC(CO)(C(C)C)C(F)(F)F. The third-order valence-corrected chi connectivity index (χ3v) is 2.18. The van der Waals surface area contributed by atoms with Gasteiger partial charge in [-0.3, -0.25) is 0 Å². The van der Waals surface area contributed by atoms with E-state index in [1.807, 2.05) is 0 Å². The quantitative estimate of drug-likeness (QED) is 0.664. The van der Waals surface area contributed by atoms with Crippen LogP contribution in [-0.4, -0.2) is 17.9 Å². The summed E-state index contributed by atoms with van der Waals surface area (Å²) in [6.45, 7) is 4.98. The molecule has 0 aliphatic carbocycles. The Morgan fingerprint density at radius 3 is 1.83 bits per heavy atom. The second kappa shape index (κ2) is 3.47. The third-order valence-electron chi connectivity index (χ3n) is 2.18. The lowest BCUT2D eigenvalue weighted by Crippen LogP contribution is -2.43. The van der Waals surface area contributed by atoms with Crippen molar-refractivity contribution in [2.75, 3.05) is 6.61 Å². The predicted octanol–water partition coefficient (Wildman–Crippen LogP) is 2.37. The first-order chi connectivity index (χ1) is 5.31. The summed E-state index contributed by atoms with van der Waals surface area (Å²) in [4.78, 5) is 0. The van der Waals surface area contributed by atoms with Gasteiger partial charge in [0.15, 0.2) is 0 Å². The van der Waals surface area contributed by atoms with Gasteiger partial charge in [-0.05, 0) is 5.92 Å². The van der Waals surface area contributed by atoms with Crippen LogP contribution in [0.15, 0.2) is 12.7 Å². The van der Waals surface area contributed by atoms with Crippen LogP contribution in [-0.2, 0) is 0 Å². The molecule has 1 N–H and O–H groups in total. The van der Waals surface area contributed by atoms with Gasteiger partial charge in [0.25, 0.3) is 0 Å². The van der Waals surface area contributed by atoms with Crippen LogP contribution in [0.3, 0.4) is 0 Å². The zero-order valence-electron chi connectivity index (χ0n) is 7.15. The molecule has 12 heavy (non-hydrogen) atoms. The van der Waals surface area contributed by atoms with Crippen molar-refractivity contribution in [3.8, 4) is 0 Å². The van der Waals surface area contributed by atoms with E-state index in [1.54, 1.807) is 0 Å². The molecule has 0 saturated heterocycles. The summed E-state index contributed by atoms with van der Waals surface area (Å²) < 4.78 is 37.2. The van der Waals surface area contributed by atoms with Gasteiger partial charge in [-0.15, -0.1) is 6.58 Å².